The van der Waals surface area contributed by atoms with Gasteiger partial charge in [0.2, 0.25) is 5.91 Å². The van der Waals surface area contributed by atoms with Crippen LogP contribution in [0.25, 0.3) is 5.78 Å². The van der Waals surface area contributed by atoms with E-state index in [-0.39, 0.29) is 17.6 Å². The molecule has 2 aromatic heterocycles. The molecule has 148 valence electrons. The SMILES string of the molecule is CC(C)CC(=O)NCC1CCC(c2ccnc3nc(C(F)(F)F)nn23)CC1. The van der Waals surface area contributed by atoms with Gasteiger partial charge in [0.05, 0.1) is 5.69 Å². The summed E-state index contributed by atoms with van der Waals surface area (Å²) in [4.78, 5) is 19.2. The Morgan fingerprint density at radius 2 is 2.00 bits per heavy atom. The number of rotatable bonds is 5. The summed E-state index contributed by atoms with van der Waals surface area (Å²) >= 11 is 0. The van der Waals surface area contributed by atoms with E-state index in [1.165, 1.54) is 10.7 Å². The lowest BCUT2D eigenvalue weighted by molar-refractivity contribution is -0.144. The topological polar surface area (TPSA) is 72.2 Å². The molecular formula is C18H24F3N5O. The van der Waals surface area contributed by atoms with E-state index in [1.54, 1.807) is 6.07 Å². The molecule has 1 aliphatic rings. The van der Waals surface area contributed by atoms with Crippen molar-refractivity contribution in [2.24, 2.45) is 11.8 Å². The van der Waals surface area contributed by atoms with Gasteiger partial charge in [0, 0.05) is 25.1 Å². The zero-order chi connectivity index (χ0) is 19.6. The molecule has 6 nitrogen and oxygen atoms in total. The number of carbonyl (C=O) groups excluding carboxylic acids is 1. The highest BCUT2D eigenvalue weighted by Crippen LogP contribution is 2.36. The molecule has 1 saturated carbocycles. The van der Waals surface area contributed by atoms with Crippen molar-refractivity contribution in [2.45, 2.75) is 58.0 Å². The van der Waals surface area contributed by atoms with Crippen LogP contribution in [0, 0.1) is 11.8 Å². The van der Waals surface area contributed by atoms with Crippen LogP contribution in [-0.4, -0.2) is 32.0 Å². The largest absolute Gasteiger partial charge is 0.453 e. The average molecular weight is 383 g/mol. The van der Waals surface area contributed by atoms with Crippen molar-refractivity contribution >= 4 is 11.7 Å². The lowest BCUT2D eigenvalue weighted by atomic mass is 9.80. The first-order valence-corrected chi connectivity index (χ1v) is 9.29. The maximum Gasteiger partial charge on any atom is 0.453 e. The Hall–Kier alpha value is -2.19. The first kappa shape index (κ1) is 19.6. The first-order chi connectivity index (χ1) is 12.7. The fourth-order valence-corrected chi connectivity index (χ4v) is 3.60. The summed E-state index contributed by atoms with van der Waals surface area (Å²) in [6.07, 6.45) is 0.928. The van der Waals surface area contributed by atoms with Gasteiger partial charge in [-0.25, -0.2) is 9.50 Å². The summed E-state index contributed by atoms with van der Waals surface area (Å²) in [5.41, 5.74) is 0.713. The summed E-state index contributed by atoms with van der Waals surface area (Å²) < 4.78 is 39.9. The molecule has 27 heavy (non-hydrogen) atoms. The minimum absolute atomic E-state index is 0.0251. The van der Waals surface area contributed by atoms with Crippen molar-refractivity contribution in [1.82, 2.24) is 24.9 Å². The standard InChI is InChI=1S/C18H24F3N5O/c1-11(2)9-15(27)23-10-12-3-5-13(6-4-12)14-7-8-22-17-24-16(18(19,20)21)25-26(14)17/h7-8,11-13H,3-6,9-10H2,1-2H3,(H,23,27). The van der Waals surface area contributed by atoms with Crippen LogP contribution in [0.3, 0.4) is 0 Å². The van der Waals surface area contributed by atoms with Crippen LogP contribution in [-0.2, 0) is 11.0 Å². The van der Waals surface area contributed by atoms with E-state index in [1.807, 2.05) is 13.8 Å². The van der Waals surface area contributed by atoms with Crippen LogP contribution in [0.2, 0.25) is 0 Å². The molecule has 0 atom stereocenters. The van der Waals surface area contributed by atoms with Gasteiger partial charge in [0.15, 0.2) is 0 Å². The molecule has 0 unspecified atom stereocenters. The minimum atomic E-state index is -4.59. The number of amides is 1. The zero-order valence-corrected chi connectivity index (χ0v) is 15.5. The summed E-state index contributed by atoms with van der Waals surface area (Å²) in [7, 11) is 0. The Kier molecular flexibility index (Phi) is 5.67. The third kappa shape index (κ3) is 4.75. The van der Waals surface area contributed by atoms with E-state index < -0.39 is 12.0 Å². The molecule has 1 N–H and O–H groups in total. The third-order valence-electron chi connectivity index (χ3n) is 4.97. The highest BCUT2D eigenvalue weighted by atomic mass is 19.4. The van der Waals surface area contributed by atoms with Crippen LogP contribution in [0.4, 0.5) is 13.2 Å². The Morgan fingerprint density at radius 3 is 2.63 bits per heavy atom. The number of carbonyl (C=O) groups is 1. The summed E-state index contributed by atoms with van der Waals surface area (Å²) in [5, 5.41) is 6.61. The van der Waals surface area contributed by atoms with Crippen LogP contribution in [0.15, 0.2) is 12.3 Å². The van der Waals surface area contributed by atoms with Crippen molar-refractivity contribution < 1.29 is 18.0 Å². The van der Waals surface area contributed by atoms with Crippen molar-refractivity contribution in [2.75, 3.05) is 6.54 Å². The average Bonchev–Trinajstić information content (AvgIpc) is 3.04. The Labute approximate surface area is 155 Å². The highest BCUT2D eigenvalue weighted by Gasteiger charge is 2.37. The van der Waals surface area contributed by atoms with Gasteiger partial charge in [-0.1, -0.05) is 13.8 Å². The normalized spacial score (nSPS) is 21.0. The van der Waals surface area contributed by atoms with Gasteiger partial charge >= 0.3 is 6.18 Å². The number of nitrogens with zero attached hydrogens (tertiary/aromatic N) is 4. The molecule has 0 radical (unpaired) electrons. The number of fused-ring (bicyclic) bond motifs is 1. The number of aromatic nitrogens is 4. The van der Waals surface area contributed by atoms with Gasteiger partial charge in [-0.3, -0.25) is 4.79 Å². The van der Waals surface area contributed by atoms with Gasteiger partial charge in [-0.05, 0) is 43.6 Å². The molecule has 0 bridgehead atoms. The number of alkyl halides is 3. The Balaban J connectivity index is 1.63. The van der Waals surface area contributed by atoms with Gasteiger partial charge in [0.25, 0.3) is 11.6 Å². The van der Waals surface area contributed by atoms with Gasteiger partial charge in [-0.15, -0.1) is 5.10 Å². The monoisotopic (exact) mass is 383 g/mol. The van der Waals surface area contributed by atoms with Gasteiger partial charge in [0.1, 0.15) is 0 Å². The molecule has 2 heterocycles. The molecule has 3 rings (SSSR count). The number of nitrogens with one attached hydrogen (secondary N) is 1. The van der Waals surface area contributed by atoms with E-state index >= 15 is 0 Å². The second kappa shape index (κ2) is 7.82. The number of halogens is 3. The third-order valence-corrected chi connectivity index (χ3v) is 4.97. The van der Waals surface area contributed by atoms with E-state index in [2.05, 4.69) is 20.4 Å². The van der Waals surface area contributed by atoms with E-state index in [4.69, 9.17) is 0 Å². The molecular weight excluding hydrogens is 359 g/mol. The van der Waals surface area contributed by atoms with Crippen molar-refractivity contribution in [1.29, 1.82) is 0 Å². The lowest BCUT2D eigenvalue weighted by Crippen LogP contribution is -2.31. The quantitative estimate of drug-likeness (QED) is 0.857. The van der Waals surface area contributed by atoms with Crippen LogP contribution in [0.5, 0.6) is 0 Å². The molecule has 1 amide bonds. The highest BCUT2D eigenvalue weighted by molar-refractivity contribution is 5.76. The molecule has 0 aliphatic heterocycles. The predicted octanol–water partition coefficient (Wildman–Crippen LogP) is 3.58. The van der Waals surface area contributed by atoms with Crippen molar-refractivity contribution in [3.05, 3.63) is 23.8 Å². The number of hydrogen-bond donors (Lipinski definition) is 1. The summed E-state index contributed by atoms with van der Waals surface area (Å²) in [5.74, 6) is -0.270. The second-order valence-electron chi connectivity index (χ2n) is 7.63. The van der Waals surface area contributed by atoms with Crippen molar-refractivity contribution in [3.8, 4) is 0 Å². The maximum atomic E-state index is 12.9. The van der Waals surface area contributed by atoms with Gasteiger partial charge in [-0.2, -0.15) is 18.2 Å². The van der Waals surface area contributed by atoms with Crippen LogP contribution < -0.4 is 5.32 Å². The van der Waals surface area contributed by atoms with Gasteiger partial charge < -0.3 is 5.32 Å². The molecule has 0 aromatic carbocycles. The molecule has 0 spiro atoms. The molecule has 9 heteroatoms. The fraction of sp³-hybridized carbons (Fsp3) is 0.667. The smallest absolute Gasteiger partial charge is 0.356 e. The number of hydrogen-bond acceptors (Lipinski definition) is 4. The summed E-state index contributed by atoms with van der Waals surface area (Å²) in [6.45, 7) is 4.68. The maximum absolute atomic E-state index is 12.9. The van der Waals surface area contributed by atoms with E-state index in [0.29, 0.717) is 30.5 Å². The second-order valence-corrected chi connectivity index (χ2v) is 7.63. The van der Waals surface area contributed by atoms with Crippen molar-refractivity contribution in [3.63, 3.8) is 0 Å². The van der Waals surface area contributed by atoms with Crippen LogP contribution in [0.1, 0.15) is 63.4 Å². The van der Waals surface area contributed by atoms with E-state index in [0.717, 1.165) is 25.7 Å². The van der Waals surface area contributed by atoms with Crippen LogP contribution >= 0.6 is 0 Å². The molecule has 2 aromatic rings. The minimum Gasteiger partial charge on any atom is -0.356 e. The lowest BCUT2D eigenvalue weighted by Gasteiger charge is -2.28. The summed E-state index contributed by atoms with van der Waals surface area (Å²) in [6, 6.07) is 1.72. The molecule has 0 saturated heterocycles. The predicted molar refractivity (Wildman–Crippen MR) is 92.9 cm³/mol. The Bertz CT molecular complexity index is 794. The first-order valence-electron chi connectivity index (χ1n) is 9.29. The van der Waals surface area contributed by atoms with E-state index in [9.17, 15) is 18.0 Å². The molecule has 1 fully saturated rings. The zero-order valence-electron chi connectivity index (χ0n) is 15.5. The Morgan fingerprint density at radius 1 is 1.30 bits per heavy atom. The fourth-order valence-electron chi connectivity index (χ4n) is 3.60. The molecule has 1 aliphatic carbocycles.